The Kier molecular flexibility index (Phi) is 4.36. The first-order chi connectivity index (χ1) is 10.3. The molecular formula is C17H21NO3. The minimum absolute atomic E-state index is 0.0436. The molecule has 1 aliphatic rings. The molecule has 1 N–H and O–H groups in total. The lowest BCUT2D eigenvalue weighted by molar-refractivity contribution is 0.0890. The third-order valence-electron chi connectivity index (χ3n) is 4.24. The van der Waals surface area contributed by atoms with Crippen LogP contribution in [0.4, 0.5) is 0 Å². The molecule has 0 amide bonds. The number of ketones is 1. The molecule has 3 rings (SSSR count). The third-order valence-corrected chi connectivity index (χ3v) is 4.24. The molecule has 1 aromatic heterocycles. The van der Waals surface area contributed by atoms with Crippen LogP contribution in [-0.2, 0) is 0 Å². The van der Waals surface area contributed by atoms with E-state index in [-0.39, 0.29) is 12.4 Å². The maximum absolute atomic E-state index is 12.4. The average Bonchev–Trinajstić information content (AvgIpc) is 3.11. The standard InChI is InChI=1S/C17H21NO3/c19-10-4-7-14-6-3-9-18(14)12-15(20)17-11-13-5-1-2-8-16(13)21-17/h1-2,5,8,11,14,19H,3-4,6-7,9-10,12H2. The summed E-state index contributed by atoms with van der Waals surface area (Å²) >= 11 is 0. The summed E-state index contributed by atoms with van der Waals surface area (Å²) < 4.78 is 5.64. The Balaban J connectivity index is 1.67. The quantitative estimate of drug-likeness (QED) is 0.830. The Labute approximate surface area is 124 Å². The average molecular weight is 287 g/mol. The first kappa shape index (κ1) is 14.3. The van der Waals surface area contributed by atoms with Gasteiger partial charge in [0, 0.05) is 18.0 Å². The zero-order valence-corrected chi connectivity index (χ0v) is 12.1. The SMILES string of the molecule is O=C(CN1CCCC1CCCO)c1cc2ccccc2o1. The minimum Gasteiger partial charge on any atom is -0.453 e. The van der Waals surface area contributed by atoms with Crippen LogP contribution in [0.2, 0.25) is 0 Å². The lowest BCUT2D eigenvalue weighted by Gasteiger charge is -2.22. The van der Waals surface area contributed by atoms with Crippen molar-refractivity contribution >= 4 is 16.8 Å². The number of Topliss-reactive ketones (excluding diaryl/α,β-unsaturated/α-hetero) is 1. The first-order valence-electron chi connectivity index (χ1n) is 7.64. The molecule has 2 aromatic rings. The smallest absolute Gasteiger partial charge is 0.211 e. The maximum Gasteiger partial charge on any atom is 0.211 e. The van der Waals surface area contributed by atoms with Gasteiger partial charge < -0.3 is 9.52 Å². The number of likely N-dealkylation sites (tertiary alicyclic amines) is 1. The first-order valence-corrected chi connectivity index (χ1v) is 7.64. The Morgan fingerprint density at radius 2 is 2.24 bits per heavy atom. The van der Waals surface area contributed by atoms with Gasteiger partial charge in [0.15, 0.2) is 5.76 Å². The van der Waals surface area contributed by atoms with E-state index < -0.39 is 0 Å². The fraction of sp³-hybridized carbons (Fsp3) is 0.471. The lowest BCUT2D eigenvalue weighted by Crippen LogP contribution is -2.34. The van der Waals surface area contributed by atoms with Gasteiger partial charge in [-0.15, -0.1) is 0 Å². The van der Waals surface area contributed by atoms with Crippen LogP contribution in [0.1, 0.15) is 36.2 Å². The number of rotatable bonds is 6. The molecule has 0 spiro atoms. The van der Waals surface area contributed by atoms with Crippen molar-refractivity contribution in [1.82, 2.24) is 4.90 Å². The highest BCUT2D eigenvalue weighted by Crippen LogP contribution is 2.23. The highest BCUT2D eigenvalue weighted by atomic mass is 16.3. The summed E-state index contributed by atoms with van der Waals surface area (Å²) in [5.41, 5.74) is 0.763. The molecule has 112 valence electrons. The Bertz CT molecular complexity index is 586. The molecule has 1 aliphatic heterocycles. The predicted octanol–water partition coefficient (Wildman–Crippen LogP) is 2.85. The summed E-state index contributed by atoms with van der Waals surface area (Å²) in [6.07, 6.45) is 4.01. The van der Waals surface area contributed by atoms with E-state index in [2.05, 4.69) is 4.90 Å². The van der Waals surface area contributed by atoms with Gasteiger partial charge in [-0.2, -0.15) is 0 Å². The van der Waals surface area contributed by atoms with E-state index in [1.54, 1.807) is 0 Å². The summed E-state index contributed by atoms with van der Waals surface area (Å²) in [7, 11) is 0. The van der Waals surface area contributed by atoms with E-state index in [4.69, 9.17) is 9.52 Å². The van der Waals surface area contributed by atoms with Crippen LogP contribution in [-0.4, -0.2) is 41.5 Å². The van der Waals surface area contributed by atoms with Crippen molar-refractivity contribution in [3.63, 3.8) is 0 Å². The van der Waals surface area contributed by atoms with Crippen LogP contribution in [0.25, 0.3) is 11.0 Å². The third kappa shape index (κ3) is 3.17. The number of nitrogens with zero attached hydrogens (tertiary/aromatic N) is 1. The fourth-order valence-corrected chi connectivity index (χ4v) is 3.14. The van der Waals surface area contributed by atoms with Crippen LogP contribution in [0.15, 0.2) is 34.7 Å². The van der Waals surface area contributed by atoms with Crippen LogP contribution in [0.5, 0.6) is 0 Å². The lowest BCUT2D eigenvalue weighted by atomic mass is 10.1. The molecule has 0 saturated carbocycles. The Morgan fingerprint density at radius 1 is 1.38 bits per heavy atom. The molecular weight excluding hydrogens is 266 g/mol. The molecule has 0 bridgehead atoms. The Hall–Kier alpha value is -1.65. The van der Waals surface area contributed by atoms with E-state index >= 15 is 0 Å². The van der Waals surface area contributed by atoms with Crippen molar-refractivity contribution in [2.45, 2.75) is 31.7 Å². The summed E-state index contributed by atoms with van der Waals surface area (Å²) in [5.74, 6) is 0.492. The largest absolute Gasteiger partial charge is 0.453 e. The van der Waals surface area contributed by atoms with Gasteiger partial charge in [0.2, 0.25) is 5.78 Å². The predicted molar refractivity (Wildman–Crippen MR) is 81.5 cm³/mol. The Morgan fingerprint density at radius 3 is 3.05 bits per heavy atom. The molecule has 1 atom stereocenters. The molecule has 21 heavy (non-hydrogen) atoms. The van der Waals surface area contributed by atoms with Gasteiger partial charge in [0.05, 0.1) is 6.54 Å². The van der Waals surface area contributed by atoms with E-state index in [0.717, 1.165) is 43.2 Å². The monoisotopic (exact) mass is 287 g/mol. The molecule has 4 heteroatoms. The minimum atomic E-state index is 0.0436. The van der Waals surface area contributed by atoms with Gasteiger partial charge in [0.1, 0.15) is 5.58 Å². The maximum atomic E-state index is 12.4. The molecule has 2 heterocycles. The summed E-state index contributed by atoms with van der Waals surface area (Å²) in [5, 5.41) is 9.92. The second-order valence-electron chi connectivity index (χ2n) is 5.70. The van der Waals surface area contributed by atoms with Gasteiger partial charge in [-0.1, -0.05) is 18.2 Å². The number of hydrogen-bond donors (Lipinski definition) is 1. The van der Waals surface area contributed by atoms with Crippen LogP contribution >= 0.6 is 0 Å². The number of aliphatic hydroxyl groups excluding tert-OH is 1. The summed E-state index contributed by atoms with van der Waals surface area (Å²) in [6.45, 7) is 1.60. The number of carbonyl (C=O) groups is 1. The topological polar surface area (TPSA) is 53.7 Å². The molecule has 1 saturated heterocycles. The summed E-state index contributed by atoms with van der Waals surface area (Å²) in [6, 6.07) is 9.94. The van der Waals surface area contributed by atoms with Crippen LogP contribution in [0.3, 0.4) is 0 Å². The number of furan rings is 1. The van der Waals surface area contributed by atoms with Crippen molar-refractivity contribution in [1.29, 1.82) is 0 Å². The van der Waals surface area contributed by atoms with Crippen molar-refractivity contribution in [3.05, 3.63) is 36.1 Å². The highest BCUT2D eigenvalue weighted by molar-refractivity contribution is 5.98. The second kappa shape index (κ2) is 6.41. The van der Waals surface area contributed by atoms with Gasteiger partial charge >= 0.3 is 0 Å². The van der Waals surface area contributed by atoms with E-state index in [1.807, 2.05) is 30.3 Å². The zero-order chi connectivity index (χ0) is 14.7. The van der Waals surface area contributed by atoms with Gasteiger partial charge in [0.25, 0.3) is 0 Å². The molecule has 1 aromatic carbocycles. The van der Waals surface area contributed by atoms with Crippen molar-refractivity contribution < 1.29 is 14.3 Å². The number of benzene rings is 1. The summed E-state index contributed by atoms with van der Waals surface area (Å²) in [4.78, 5) is 14.6. The zero-order valence-electron chi connectivity index (χ0n) is 12.1. The fourth-order valence-electron chi connectivity index (χ4n) is 3.14. The number of para-hydroxylation sites is 1. The number of aliphatic hydroxyl groups is 1. The van der Waals surface area contributed by atoms with E-state index in [0.29, 0.717) is 18.3 Å². The molecule has 1 unspecified atom stereocenters. The molecule has 0 aliphatic carbocycles. The number of hydrogen-bond acceptors (Lipinski definition) is 4. The van der Waals surface area contributed by atoms with Gasteiger partial charge in [-0.05, 0) is 44.4 Å². The van der Waals surface area contributed by atoms with E-state index in [1.165, 1.54) is 0 Å². The van der Waals surface area contributed by atoms with E-state index in [9.17, 15) is 4.79 Å². The van der Waals surface area contributed by atoms with Crippen molar-refractivity contribution in [2.24, 2.45) is 0 Å². The van der Waals surface area contributed by atoms with Gasteiger partial charge in [-0.25, -0.2) is 0 Å². The van der Waals surface area contributed by atoms with Gasteiger partial charge in [-0.3, -0.25) is 9.69 Å². The van der Waals surface area contributed by atoms with Crippen molar-refractivity contribution in [2.75, 3.05) is 19.7 Å². The normalized spacial score (nSPS) is 19.4. The highest BCUT2D eigenvalue weighted by Gasteiger charge is 2.27. The van der Waals surface area contributed by atoms with Crippen molar-refractivity contribution in [3.8, 4) is 0 Å². The van der Waals surface area contributed by atoms with Crippen LogP contribution in [0, 0.1) is 0 Å². The number of carbonyl (C=O) groups excluding carboxylic acids is 1. The molecule has 0 radical (unpaired) electrons. The molecule has 1 fully saturated rings. The van der Waals surface area contributed by atoms with Crippen LogP contribution < -0.4 is 0 Å². The second-order valence-corrected chi connectivity index (χ2v) is 5.70. The number of fused-ring (bicyclic) bond motifs is 1. The molecule has 4 nitrogen and oxygen atoms in total.